The Morgan fingerprint density at radius 2 is 1.88 bits per heavy atom. The molecule has 0 aliphatic carbocycles. The van der Waals surface area contributed by atoms with Crippen molar-refractivity contribution in [1.29, 1.82) is 0 Å². The molecule has 0 bridgehead atoms. The molecule has 1 nitrogen and oxygen atoms in total. The van der Waals surface area contributed by atoms with Crippen molar-refractivity contribution in [1.82, 2.24) is 0 Å². The molecule has 0 atom stereocenters. The van der Waals surface area contributed by atoms with Gasteiger partial charge < -0.3 is 4.74 Å². The molecule has 0 heterocycles. The summed E-state index contributed by atoms with van der Waals surface area (Å²) < 4.78 is 5.87. The van der Waals surface area contributed by atoms with E-state index in [4.69, 9.17) is 11.2 Å². The van der Waals surface area contributed by atoms with Crippen LogP contribution in [0.4, 0.5) is 0 Å². The first-order valence-corrected chi connectivity index (χ1v) is 5.63. The molecule has 1 rings (SSSR count). The lowest BCUT2D eigenvalue weighted by Gasteiger charge is -2.23. The van der Waals surface area contributed by atoms with Crippen LogP contribution in [-0.4, -0.2) is 5.60 Å². The maximum atomic E-state index is 5.87. The highest BCUT2D eigenvalue weighted by atomic mass is 16.5. The van der Waals surface area contributed by atoms with Gasteiger partial charge in [-0.1, -0.05) is 31.9 Å². The quantitative estimate of drug-likeness (QED) is 0.680. The number of benzene rings is 1. The Morgan fingerprint density at radius 1 is 1.25 bits per heavy atom. The summed E-state index contributed by atoms with van der Waals surface area (Å²) in [7, 11) is 0. The lowest BCUT2D eigenvalue weighted by molar-refractivity contribution is 0.130. The molecule has 0 saturated carbocycles. The topological polar surface area (TPSA) is 9.23 Å². The van der Waals surface area contributed by atoms with Gasteiger partial charge in [-0.25, -0.2) is 0 Å². The molecular weight excluding hydrogens is 196 g/mol. The SMILES string of the molecule is C#Cc1c(OC(C)(C)C)cccc1C(C)C. The Bertz CT molecular complexity index is 402. The highest BCUT2D eigenvalue weighted by molar-refractivity contribution is 5.51. The van der Waals surface area contributed by atoms with Crippen molar-refractivity contribution in [3.63, 3.8) is 0 Å². The Morgan fingerprint density at radius 3 is 2.31 bits per heavy atom. The van der Waals surface area contributed by atoms with E-state index in [1.54, 1.807) is 0 Å². The van der Waals surface area contributed by atoms with Crippen molar-refractivity contribution >= 4 is 0 Å². The number of ether oxygens (including phenoxy) is 1. The average Bonchev–Trinajstić information content (AvgIpc) is 2.14. The van der Waals surface area contributed by atoms with Gasteiger partial charge in [0.2, 0.25) is 0 Å². The Hall–Kier alpha value is -1.42. The van der Waals surface area contributed by atoms with Gasteiger partial charge in [0.15, 0.2) is 0 Å². The largest absolute Gasteiger partial charge is 0.487 e. The molecule has 0 aliphatic rings. The van der Waals surface area contributed by atoms with Crippen molar-refractivity contribution in [3.05, 3.63) is 29.3 Å². The third-order valence-corrected chi connectivity index (χ3v) is 2.24. The third-order valence-electron chi connectivity index (χ3n) is 2.24. The first kappa shape index (κ1) is 12.6. The molecule has 0 N–H and O–H groups in total. The van der Waals surface area contributed by atoms with Crippen LogP contribution in [0.1, 0.15) is 51.7 Å². The van der Waals surface area contributed by atoms with E-state index >= 15 is 0 Å². The summed E-state index contributed by atoms with van der Waals surface area (Å²) in [6.07, 6.45) is 5.58. The van der Waals surface area contributed by atoms with Gasteiger partial charge in [-0.3, -0.25) is 0 Å². The van der Waals surface area contributed by atoms with E-state index < -0.39 is 0 Å². The molecule has 1 aromatic rings. The van der Waals surface area contributed by atoms with E-state index in [0.29, 0.717) is 5.92 Å². The van der Waals surface area contributed by atoms with Gasteiger partial charge in [-0.05, 0) is 38.3 Å². The second kappa shape index (κ2) is 4.61. The lowest BCUT2D eigenvalue weighted by Crippen LogP contribution is -2.23. The van der Waals surface area contributed by atoms with Crippen LogP contribution in [0, 0.1) is 12.3 Å². The van der Waals surface area contributed by atoms with Gasteiger partial charge >= 0.3 is 0 Å². The fourth-order valence-corrected chi connectivity index (χ4v) is 1.60. The van der Waals surface area contributed by atoms with Crippen molar-refractivity contribution < 1.29 is 4.74 Å². The second-order valence-corrected chi connectivity index (χ2v) is 5.23. The highest BCUT2D eigenvalue weighted by Crippen LogP contribution is 2.29. The number of rotatable bonds is 2. The molecule has 1 heteroatoms. The standard InChI is InChI=1S/C15H20O/c1-7-12-13(11(2)3)9-8-10-14(12)16-15(4,5)6/h1,8-11H,2-6H3. The van der Waals surface area contributed by atoms with Crippen LogP contribution < -0.4 is 4.74 Å². The number of hydrogen-bond acceptors (Lipinski definition) is 1. The van der Waals surface area contributed by atoms with E-state index in [1.165, 1.54) is 5.56 Å². The Labute approximate surface area is 98.8 Å². The smallest absolute Gasteiger partial charge is 0.135 e. The minimum atomic E-state index is -0.221. The third kappa shape index (κ3) is 3.03. The fraction of sp³-hybridized carbons (Fsp3) is 0.467. The normalized spacial score (nSPS) is 11.3. The fourth-order valence-electron chi connectivity index (χ4n) is 1.60. The van der Waals surface area contributed by atoms with E-state index in [0.717, 1.165) is 11.3 Å². The number of terminal acetylenes is 1. The molecule has 0 aliphatic heterocycles. The molecule has 0 spiro atoms. The van der Waals surface area contributed by atoms with E-state index in [2.05, 4.69) is 25.8 Å². The molecule has 0 fully saturated rings. The molecule has 0 amide bonds. The van der Waals surface area contributed by atoms with E-state index in [9.17, 15) is 0 Å². The van der Waals surface area contributed by atoms with Crippen LogP contribution >= 0.6 is 0 Å². The minimum Gasteiger partial charge on any atom is -0.487 e. The molecule has 0 aromatic heterocycles. The Kier molecular flexibility index (Phi) is 3.65. The predicted octanol–water partition coefficient (Wildman–Crippen LogP) is 3.97. The van der Waals surface area contributed by atoms with E-state index in [-0.39, 0.29) is 5.60 Å². The minimum absolute atomic E-state index is 0.221. The highest BCUT2D eigenvalue weighted by Gasteiger charge is 2.16. The summed E-state index contributed by atoms with van der Waals surface area (Å²) in [6.45, 7) is 10.3. The maximum absolute atomic E-state index is 5.87. The molecule has 16 heavy (non-hydrogen) atoms. The maximum Gasteiger partial charge on any atom is 0.135 e. The molecule has 0 unspecified atom stereocenters. The lowest BCUT2D eigenvalue weighted by atomic mass is 9.96. The zero-order valence-electron chi connectivity index (χ0n) is 10.8. The summed E-state index contributed by atoms with van der Waals surface area (Å²) >= 11 is 0. The van der Waals surface area contributed by atoms with Crippen LogP contribution in [0.15, 0.2) is 18.2 Å². The number of hydrogen-bond donors (Lipinski definition) is 0. The molecule has 86 valence electrons. The zero-order valence-corrected chi connectivity index (χ0v) is 10.8. The van der Waals surface area contributed by atoms with Crippen LogP contribution in [-0.2, 0) is 0 Å². The second-order valence-electron chi connectivity index (χ2n) is 5.23. The monoisotopic (exact) mass is 216 g/mol. The van der Waals surface area contributed by atoms with Gasteiger partial charge in [0, 0.05) is 0 Å². The van der Waals surface area contributed by atoms with Crippen LogP contribution in [0.3, 0.4) is 0 Å². The van der Waals surface area contributed by atoms with Gasteiger partial charge in [0.05, 0.1) is 5.56 Å². The summed E-state index contributed by atoms with van der Waals surface area (Å²) in [5, 5.41) is 0. The van der Waals surface area contributed by atoms with Crippen molar-refractivity contribution in [3.8, 4) is 18.1 Å². The Balaban J connectivity index is 3.21. The van der Waals surface area contributed by atoms with Gasteiger partial charge in [0.25, 0.3) is 0 Å². The van der Waals surface area contributed by atoms with Crippen LogP contribution in [0.25, 0.3) is 0 Å². The summed E-state index contributed by atoms with van der Waals surface area (Å²) in [5.74, 6) is 3.96. The first-order chi connectivity index (χ1) is 7.35. The molecule has 0 saturated heterocycles. The van der Waals surface area contributed by atoms with E-state index in [1.807, 2.05) is 32.9 Å². The van der Waals surface area contributed by atoms with Crippen molar-refractivity contribution in [2.24, 2.45) is 0 Å². The van der Waals surface area contributed by atoms with Crippen LogP contribution in [0.2, 0.25) is 0 Å². The average molecular weight is 216 g/mol. The van der Waals surface area contributed by atoms with Crippen molar-refractivity contribution in [2.75, 3.05) is 0 Å². The van der Waals surface area contributed by atoms with Gasteiger partial charge in [-0.2, -0.15) is 0 Å². The summed E-state index contributed by atoms with van der Waals surface area (Å²) in [6, 6.07) is 6.00. The summed E-state index contributed by atoms with van der Waals surface area (Å²) in [5.41, 5.74) is 1.83. The molecular formula is C15H20O. The summed E-state index contributed by atoms with van der Waals surface area (Å²) in [4.78, 5) is 0. The van der Waals surface area contributed by atoms with Gasteiger partial charge in [-0.15, -0.1) is 6.42 Å². The molecule has 0 radical (unpaired) electrons. The zero-order chi connectivity index (χ0) is 12.3. The van der Waals surface area contributed by atoms with Crippen LogP contribution in [0.5, 0.6) is 5.75 Å². The van der Waals surface area contributed by atoms with Gasteiger partial charge in [0.1, 0.15) is 11.4 Å². The molecule has 1 aromatic carbocycles. The van der Waals surface area contributed by atoms with Crippen molar-refractivity contribution in [2.45, 2.75) is 46.1 Å². The predicted molar refractivity (Wildman–Crippen MR) is 68.8 cm³/mol. The first-order valence-electron chi connectivity index (χ1n) is 5.63.